The molecule has 3 aromatic rings. The maximum Gasteiger partial charge on any atom is 0.410 e. The molecule has 6 heteroatoms. The van der Waals surface area contributed by atoms with Crippen molar-refractivity contribution in [1.29, 1.82) is 0 Å². The third-order valence-electron chi connectivity index (χ3n) is 6.22. The monoisotopic (exact) mass is 451 g/mol. The highest BCUT2D eigenvalue weighted by Crippen LogP contribution is 2.43. The van der Waals surface area contributed by atoms with Gasteiger partial charge in [-0.2, -0.15) is 0 Å². The maximum absolute atomic E-state index is 12.6. The van der Waals surface area contributed by atoms with Crippen LogP contribution in [0, 0.1) is 0 Å². The van der Waals surface area contributed by atoms with E-state index in [1.165, 1.54) is 11.1 Å². The van der Waals surface area contributed by atoms with Crippen molar-refractivity contribution in [3.8, 4) is 11.3 Å². The highest BCUT2D eigenvalue weighted by Gasteiger charge is 2.39. The zero-order chi connectivity index (χ0) is 22.9. The fraction of sp³-hybridized carbons (Fsp3) is 0.385. The molecule has 0 atom stereocenters. The molecule has 1 aromatic heterocycles. The van der Waals surface area contributed by atoms with Gasteiger partial charge in [0.25, 0.3) is 0 Å². The Labute approximate surface area is 195 Å². The molecular formula is C26H30ClN3O2. The van der Waals surface area contributed by atoms with E-state index in [-0.39, 0.29) is 11.5 Å². The zero-order valence-corrected chi connectivity index (χ0v) is 19.9. The fourth-order valence-corrected chi connectivity index (χ4v) is 4.63. The summed E-state index contributed by atoms with van der Waals surface area (Å²) in [5, 5.41) is 0.724. The number of hydrogen-bond acceptors (Lipinski definition) is 3. The van der Waals surface area contributed by atoms with Crippen LogP contribution >= 0.6 is 11.6 Å². The van der Waals surface area contributed by atoms with Crippen molar-refractivity contribution in [2.45, 2.75) is 44.6 Å². The molecule has 2 aromatic carbocycles. The van der Waals surface area contributed by atoms with E-state index < -0.39 is 5.60 Å². The van der Waals surface area contributed by atoms with Crippen molar-refractivity contribution in [2.24, 2.45) is 7.05 Å². The van der Waals surface area contributed by atoms with Crippen LogP contribution in [0.2, 0.25) is 5.02 Å². The number of benzene rings is 2. The van der Waals surface area contributed by atoms with Crippen LogP contribution in [0.4, 0.5) is 4.79 Å². The lowest BCUT2D eigenvalue weighted by Gasteiger charge is -2.43. The first-order chi connectivity index (χ1) is 15.2. The molecule has 0 radical (unpaired) electrons. The largest absolute Gasteiger partial charge is 0.444 e. The summed E-state index contributed by atoms with van der Waals surface area (Å²) < 4.78 is 7.62. The van der Waals surface area contributed by atoms with Gasteiger partial charge in [0.15, 0.2) is 0 Å². The van der Waals surface area contributed by atoms with E-state index in [1.54, 1.807) is 0 Å². The smallest absolute Gasteiger partial charge is 0.410 e. The van der Waals surface area contributed by atoms with Gasteiger partial charge in [0, 0.05) is 30.6 Å². The molecule has 0 unspecified atom stereocenters. The van der Waals surface area contributed by atoms with Gasteiger partial charge in [-0.1, -0.05) is 48.0 Å². The minimum atomic E-state index is -0.497. The van der Waals surface area contributed by atoms with E-state index in [0.717, 1.165) is 29.1 Å². The summed E-state index contributed by atoms with van der Waals surface area (Å²) in [6.07, 6.45) is 5.08. The minimum Gasteiger partial charge on any atom is -0.444 e. The molecule has 4 rings (SSSR count). The average molecular weight is 452 g/mol. The Morgan fingerprint density at radius 2 is 1.56 bits per heavy atom. The second-order valence-electron chi connectivity index (χ2n) is 9.52. The summed E-state index contributed by atoms with van der Waals surface area (Å²) in [4.78, 5) is 18.7. The first kappa shape index (κ1) is 22.4. The Balaban J connectivity index is 1.64. The molecule has 0 bridgehead atoms. The summed E-state index contributed by atoms with van der Waals surface area (Å²) in [5.74, 6) is 0. The molecule has 1 saturated heterocycles. The molecule has 168 valence electrons. The van der Waals surface area contributed by atoms with Crippen LogP contribution in [0.25, 0.3) is 11.3 Å². The van der Waals surface area contributed by atoms with Crippen molar-refractivity contribution in [3.05, 3.63) is 77.2 Å². The van der Waals surface area contributed by atoms with Gasteiger partial charge in [-0.3, -0.25) is 0 Å². The molecular weight excluding hydrogens is 422 g/mol. The second kappa shape index (κ2) is 8.62. The SMILES string of the molecule is Cn1cncc1-c1ccc(C2(c3ccc(Cl)cc3)CCN(C(=O)OC(C)(C)C)CC2)cc1. The van der Waals surface area contributed by atoms with E-state index in [4.69, 9.17) is 16.3 Å². The van der Waals surface area contributed by atoms with Crippen molar-refractivity contribution < 1.29 is 9.53 Å². The standard InChI is InChI=1S/C26H30ClN3O2/c1-25(2,3)32-24(31)30-15-13-26(14-16-30,21-9-11-22(27)12-10-21)20-7-5-19(6-8-20)23-17-28-18-29(23)4/h5-12,17-18H,13-16H2,1-4H3. The molecule has 1 aliphatic rings. The van der Waals surface area contributed by atoms with Gasteiger partial charge in [0.1, 0.15) is 5.60 Å². The highest BCUT2D eigenvalue weighted by atomic mass is 35.5. The van der Waals surface area contributed by atoms with Crippen molar-refractivity contribution in [2.75, 3.05) is 13.1 Å². The number of ether oxygens (including phenoxy) is 1. The lowest BCUT2D eigenvalue weighted by atomic mass is 9.68. The van der Waals surface area contributed by atoms with E-state index in [9.17, 15) is 4.79 Å². The number of aromatic nitrogens is 2. The van der Waals surface area contributed by atoms with E-state index >= 15 is 0 Å². The summed E-state index contributed by atoms with van der Waals surface area (Å²) in [6.45, 7) is 6.98. The number of rotatable bonds is 3. The second-order valence-corrected chi connectivity index (χ2v) is 9.96. The topological polar surface area (TPSA) is 47.4 Å². The van der Waals surface area contributed by atoms with Crippen molar-refractivity contribution >= 4 is 17.7 Å². The molecule has 1 aliphatic heterocycles. The number of amides is 1. The number of carbonyl (C=O) groups is 1. The van der Waals surface area contributed by atoms with Gasteiger partial charge >= 0.3 is 6.09 Å². The Kier molecular flexibility index (Phi) is 6.04. The summed E-state index contributed by atoms with van der Waals surface area (Å²) in [6, 6.07) is 16.8. The van der Waals surface area contributed by atoms with Crippen LogP contribution in [0.5, 0.6) is 0 Å². The molecule has 0 saturated carbocycles. The molecule has 2 heterocycles. The van der Waals surface area contributed by atoms with Crippen molar-refractivity contribution in [1.82, 2.24) is 14.5 Å². The van der Waals surface area contributed by atoms with Gasteiger partial charge in [0.05, 0.1) is 18.2 Å². The van der Waals surface area contributed by atoms with E-state index in [1.807, 2.05) is 61.9 Å². The van der Waals surface area contributed by atoms with Crippen LogP contribution < -0.4 is 0 Å². The summed E-state index contributed by atoms with van der Waals surface area (Å²) in [5.41, 5.74) is 3.99. The number of imidazole rings is 1. The van der Waals surface area contributed by atoms with Crippen LogP contribution in [0.15, 0.2) is 61.1 Å². The lowest BCUT2D eigenvalue weighted by molar-refractivity contribution is 0.0180. The Hall–Kier alpha value is -2.79. The predicted octanol–water partition coefficient (Wildman–Crippen LogP) is 6.06. The third-order valence-corrected chi connectivity index (χ3v) is 6.47. The molecule has 0 aliphatic carbocycles. The Morgan fingerprint density at radius 3 is 2.06 bits per heavy atom. The molecule has 5 nitrogen and oxygen atoms in total. The first-order valence-corrected chi connectivity index (χ1v) is 11.4. The number of nitrogens with zero attached hydrogens (tertiary/aromatic N) is 3. The maximum atomic E-state index is 12.6. The average Bonchev–Trinajstić information content (AvgIpc) is 3.19. The van der Waals surface area contributed by atoms with Crippen LogP contribution in [-0.2, 0) is 17.2 Å². The number of aryl methyl sites for hydroxylation is 1. The van der Waals surface area contributed by atoms with Gasteiger partial charge in [-0.05, 0) is 62.4 Å². The minimum absolute atomic E-state index is 0.186. The van der Waals surface area contributed by atoms with Gasteiger partial charge < -0.3 is 14.2 Å². The number of likely N-dealkylation sites (tertiary alicyclic amines) is 1. The molecule has 0 spiro atoms. The van der Waals surface area contributed by atoms with Crippen LogP contribution in [-0.4, -0.2) is 39.2 Å². The van der Waals surface area contributed by atoms with Crippen LogP contribution in [0.1, 0.15) is 44.7 Å². The van der Waals surface area contributed by atoms with Gasteiger partial charge in [-0.25, -0.2) is 9.78 Å². The number of piperidine rings is 1. The van der Waals surface area contributed by atoms with E-state index in [2.05, 4.69) is 41.4 Å². The first-order valence-electron chi connectivity index (χ1n) is 11.0. The van der Waals surface area contributed by atoms with Gasteiger partial charge in [0.2, 0.25) is 0 Å². The summed E-state index contributed by atoms with van der Waals surface area (Å²) in [7, 11) is 2.00. The lowest BCUT2D eigenvalue weighted by Crippen LogP contribution is -2.47. The molecule has 0 N–H and O–H groups in total. The fourth-order valence-electron chi connectivity index (χ4n) is 4.51. The predicted molar refractivity (Wildman–Crippen MR) is 128 cm³/mol. The zero-order valence-electron chi connectivity index (χ0n) is 19.1. The van der Waals surface area contributed by atoms with E-state index in [0.29, 0.717) is 13.1 Å². The number of hydrogen-bond donors (Lipinski definition) is 0. The normalized spacial score (nSPS) is 16.1. The van der Waals surface area contributed by atoms with Crippen LogP contribution in [0.3, 0.4) is 0 Å². The third kappa shape index (κ3) is 4.53. The highest BCUT2D eigenvalue weighted by molar-refractivity contribution is 6.30. The Morgan fingerprint density at radius 1 is 1.00 bits per heavy atom. The molecule has 1 amide bonds. The molecule has 32 heavy (non-hydrogen) atoms. The quantitative estimate of drug-likeness (QED) is 0.486. The Bertz CT molecular complexity index is 1070. The molecule has 1 fully saturated rings. The number of halogens is 1. The number of carbonyl (C=O) groups excluding carboxylic acids is 1. The van der Waals surface area contributed by atoms with Gasteiger partial charge in [-0.15, -0.1) is 0 Å². The van der Waals surface area contributed by atoms with Crippen molar-refractivity contribution in [3.63, 3.8) is 0 Å². The summed E-state index contributed by atoms with van der Waals surface area (Å²) >= 11 is 6.18.